The van der Waals surface area contributed by atoms with Gasteiger partial charge in [0.15, 0.2) is 0 Å². The Morgan fingerprint density at radius 1 is 1.10 bits per heavy atom. The Hall–Kier alpha value is -2.53. The number of anilines is 2. The molecule has 2 aromatic carbocycles. The molecule has 5 heteroatoms. The first-order valence-electron chi connectivity index (χ1n) is 6.35. The molecular weight excluding hydrogens is 285 g/mol. The van der Waals surface area contributed by atoms with Gasteiger partial charge in [0.05, 0.1) is 11.2 Å². The second kappa shape index (κ2) is 5.46. The van der Waals surface area contributed by atoms with Crippen LogP contribution < -0.4 is 11.1 Å². The minimum absolute atomic E-state index is 0.144. The Labute approximate surface area is 126 Å². The third-order valence-corrected chi connectivity index (χ3v) is 3.37. The van der Waals surface area contributed by atoms with E-state index in [-0.39, 0.29) is 10.8 Å². The summed E-state index contributed by atoms with van der Waals surface area (Å²) in [6.45, 7) is 0. The van der Waals surface area contributed by atoms with E-state index in [1.807, 2.05) is 30.3 Å². The van der Waals surface area contributed by atoms with Crippen molar-refractivity contribution in [3.63, 3.8) is 0 Å². The Morgan fingerprint density at radius 3 is 2.71 bits per heavy atom. The molecule has 0 atom stereocenters. The number of thiocarbonyl (C=S) groups is 1. The van der Waals surface area contributed by atoms with Gasteiger partial charge < -0.3 is 11.1 Å². The number of aromatic nitrogens is 1. The topological polar surface area (TPSA) is 50.9 Å². The second-order valence-corrected chi connectivity index (χ2v) is 5.00. The lowest BCUT2D eigenvalue weighted by Crippen LogP contribution is -2.12. The molecule has 0 aliphatic rings. The third-order valence-electron chi connectivity index (χ3n) is 3.15. The van der Waals surface area contributed by atoms with Crippen LogP contribution in [0.3, 0.4) is 0 Å². The molecule has 21 heavy (non-hydrogen) atoms. The van der Waals surface area contributed by atoms with E-state index in [0.717, 1.165) is 16.6 Å². The van der Waals surface area contributed by atoms with Crippen molar-refractivity contribution in [2.75, 3.05) is 5.32 Å². The van der Waals surface area contributed by atoms with Crippen molar-refractivity contribution in [1.29, 1.82) is 0 Å². The molecule has 3 nitrogen and oxygen atoms in total. The van der Waals surface area contributed by atoms with E-state index >= 15 is 0 Å². The van der Waals surface area contributed by atoms with Crippen molar-refractivity contribution in [3.8, 4) is 0 Å². The fourth-order valence-corrected chi connectivity index (χ4v) is 2.35. The van der Waals surface area contributed by atoms with Crippen LogP contribution in [-0.4, -0.2) is 9.97 Å². The number of halogens is 1. The fraction of sp³-hybridized carbons (Fsp3) is 0. The van der Waals surface area contributed by atoms with Gasteiger partial charge in [0.2, 0.25) is 0 Å². The predicted octanol–water partition coefficient (Wildman–Crippen LogP) is 3.75. The van der Waals surface area contributed by atoms with E-state index in [9.17, 15) is 4.39 Å². The Bertz CT molecular complexity index is 827. The lowest BCUT2D eigenvalue weighted by Gasteiger charge is -2.13. The van der Waals surface area contributed by atoms with Crippen LogP contribution in [0.1, 0.15) is 5.56 Å². The van der Waals surface area contributed by atoms with Gasteiger partial charge in [0.1, 0.15) is 10.8 Å². The second-order valence-electron chi connectivity index (χ2n) is 4.56. The summed E-state index contributed by atoms with van der Waals surface area (Å²) in [6, 6.07) is 14.0. The fourth-order valence-electron chi connectivity index (χ4n) is 2.18. The summed E-state index contributed by atoms with van der Waals surface area (Å²) >= 11 is 4.98. The maximum absolute atomic E-state index is 13.3. The summed E-state index contributed by atoms with van der Waals surface area (Å²) < 4.78 is 13.3. The van der Waals surface area contributed by atoms with Crippen LogP contribution in [0.2, 0.25) is 0 Å². The van der Waals surface area contributed by atoms with E-state index in [1.54, 1.807) is 12.3 Å². The van der Waals surface area contributed by atoms with Crippen molar-refractivity contribution >= 4 is 39.5 Å². The monoisotopic (exact) mass is 297 g/mol. The summed E-state index contributed by atoms with van der Waals surface area (Å²) in [4.78, 5) is 4.51. The molecule has 0 amide bonds. The minimum Gasteiger partial charge on any atom is -0.389 e. The molecule has 0 unspecified atom stereocenters. The highest BCUT2D eigenvalue weighted by Crippen LogP contribution is 2.27. The van der Waals surface area contributed by atoms with Crippen molar-refractivity contribution in [1.82, 2.24) is 4.98 Å². The van der Waals surface area contributed by atoms with E-state index in [1.165, 1.54) is 12.1 Å². The number of rotatable bonds is 3. The molecule has 0 bridgehead atoms. The van der Waals surface area contributed by atoms with Gasteiger partial charge >= 0.3 is 0 Å². The van der Waals surface area contributed by atoms with Crippen LogP contribution in [-0.2, 0) is 0 Å². The highest BCUT2D eigenvalue weighted by atomic mass is 32.1. The van der Waals surface area contributed by atoms with Gasteiger partial charge in [-0.3, -0.25) is 4.98 Å². The van der Waals surface area contributed by atoms with E-state index in [2.05, 4.69) is 10.3 Å². The first-order chi connectivity index (χ1) is 10.1. The van der Waals surface area contributed by atoms with E-state index in [0.29, 0.717) is 11.3 Å². The van der Waals surface area contributed by atoms with Gasteiger partial charge in [0.25, 0.3) is 0 Å². The molecule has 0 fully saturated rings. The molecule has 0 aliphatic carbocycles. The number of para-hydroxylation sites is 1. The molecule has 3 aromatic rings. The molecule has 0 saturated heterocycles. The summed E-state index contributed by atoms with van der Waals surface area (Å²) in [7, 11) is 0. The van der Waals surface area contributed by atoms with Gasteiger partial charge in [-0.25, -0.2) is 4.39 Å². The Balaban J connectivity index is 2.09. The van der Waals surface area contributed by atoms with Crippen molar-refractivity contribution < 1.29 is 4.39 Å². The van der Waals surface area contributed by atoms with Crippen LogP contribution >= 0.6 is 12.2 Å². The zero-order valence-corrected chi connectivity index (χ0v) is 11.8. The number of hydrogen-bond donors (Lipinski definition) is 2. The number of nitrogens with two attached hydrogens (primary N) is 1. The number of pyridine rings is 1. The van der Waals surface area contributed by atoms with Crippen LogP contribution in [0.25, 0.3) is 10.9 Å². The molecule has 104 valence electrons. The molecule has 3 rings (SSSR count). The normalized spacial score (nSPS) is 10.5. The van der Waals surface area contributed by atoms with Crippen LogP contribution in [0.5, 0.6) is 0 Å². The number of fused-ring (bicyclic) bond motifs is 1. The third kappa shape index (κ3) is 2.68. The van der Waals surface area contributed by atoms with Crippen molar-refractivity contribution in [2.24, 2.45) is 5.73 Å². The molecular formula is C16H12FN3S. The van der Waals surface area contributed by atoms with E-state index < -0.39 is 0 Å². The van der Waals surface area contributed by atoms with Crippen LogP contribution in [0.15, 0.2) is 54.7 Å². The van der Waals surface area contributed by atoms with Gasteiger partial charge in [-0.2, -0.15) is 0 Å². The molecule has 0 aliphatic heterocycles. The quantitative estimate of drug-likeness (QED) is 0.723. The van der Waals surface area contributed by atoms with Crippen molar-refractivity contribution in [3.05, 3.63) is 66.1 Å². The van der Waals surface area contributed by atoms with Gasteiger partial charge in [-0.05, 0) is 30.3 Å². The maximum Gasteiger partial charge on any atom is 0.124 e. The molecule has 3 N–H and O–H groups in total. The summed E-state index contributed by atoms with van der Waals surface area (Å²) in [5.74, 6) is -0.376. The number of benzene rings is 2. The highest BCUT2D eigenvalue weighted by Gasteiger charge is 2.09. The van der Waals surface area contributed by atoms with E-state index in [4.69, 9.17) is 18.0 Å². The van der Waals surface area contributed by atoms with Gasteiger partial charge in [-0.1, -0.05) is 30.4 Å². The van der Waals surface area contributed by atoms with Gasteiger partial charge in [0, 0.05) is 22.8 Å². The Kier molecular flexibility index (Phi) is 3.50. The first-order valence-corrected chi connectivity index (χ1v) is 6.76. The molecule has 0 spiro atoms. The lowest BCUT2D eigenvalue weighted by atomic mass is 10.1. The van der Waals surface area contributed by atoms with Gasteiger partial charge in [-0.15, -0.1) is 0 Å². The lowest BCUT2D eigenvalue weighted by molar-refractivity contribution is 0.628. The smallest absolute Gasteiger partial charge is 0.124 e. The number of hydrogen-bond acceptors (Lipinski definition) is 3. The molecule has 0 radical (unpaired) electrons. The summed E-state index contributed by atoms with van der Waals surface area (Å²) in [6.07, 6.45) is 1.73. The molecule has 0 saturated carbocycles. The molecule has 1 aromatic heterocycles. The van der Waals surface area contributed by atoms with Crippen LogP contribution in [0.4, 0.5) is 15.8 Å². The predicted molar refractivity (Wildman–Crippen MR) is 87.3 cm³/mol. The molecule has 1 heterocycles. The number of nitrogens with one attached hydrogen (secondary N) is 1. The standard InChI is InChI=1S/C16H12FN3S/c17-11-6-7-13(12(9-11)16(18)21)20-14-5-1-3-10-4-2-8-19-15(10)14/h1-9,20H,(H2,18,21). The largest absolute Gasteiger partial charge is 0.389 e. The average molecular weight is 297 g/mol. The van der Waals surface area contributed by atoms with Crippen LogP contribution in [0, 0.1) is 5.82 Å². The zero-order valence-electron chi connectivity index (χ0n) is 11.0. The summed E-state index contributed by atoms with van der Waals surface area (Å²) in [5.41, 5.74) is 8.43. The number of nitrogens with zero attached hydrogens (tertiary/aromatic N) is 1. The average Bonchev–Trinajstić information content (AvgIpc) is 2.49. The van der Waals surface area contributed by atoms with Crippen molar-refractivity contribution in [2.45, 2.75) is 0 Å². The Morgan fingerprint density at radius 2 is 1.90 bits per heavy atom. The zero-order chi connectivity index (χ0) is 14.8. The SMILES string of the molecule is NC(=S)c1cc(F)ccc1Nc1cccc2cccnc12. The maximum atomic E-state index is 13.3. The highest BCUT2D eigenvalue weighted by molar-refractivity contribution is 7.80. The first kappa shape index (κ1) is 13.5. The minimum atomic E-state index is -0.376. The summed E-state index contributed by atoms with van der Waals surface area (Å²) in [5, 5.41) is 4.24.